The molecule has 0 saturated carbocycles. The van der Waals surface area contributed by atoms with Gasteiger partial charge in [0.2, 0.25) is 5.91 Å². The van der Waals surface area contributed by atoms with Crippen LogP contribution >= 0.6 is 12.4 Å². The first-order valence-corrected chi connectivity index (χ1v) is 7.39. The van der Waals surface area contributed by atoms with Crippen LogP contribution in [0.5, 0.6) is 0 Å². The van der Waals surface area contributed by atoms with Gasteiger partial charge in [0, 0.05) is 26.3 Å². The Labute approximate surface area is 121 Å². The summed E-state index contributed by atoms with van der Waals surface area (Å²) in [6, 6.07) is 0.0914. The molecule has 3 rings (SSSR count). The predicted molar refractivity (Wildman–Crippen MR) is 76.6 cm³/mol. The van der Waals surface area contributed by atoms with Crippen LogP contribution in [0.1, 0.15) is 38.5 Å². The summed E-state index contributed by atoms with van der Waals surface area (Å²) in [6.45, 7) is 4.68. The molecule has 0 unspecified atom stereocenters. The van der Waals surface area contributed by atoms with Crippen LogP contribution in [0.4, 0.5) is 0 Å². The molecule has 0 bridgehead atoms. The third kappa shape index (κ3) is 3.23. The maximum Gasteiger partial charge on any atom is 0.239 e. The summed E-state index contributed by atoms with van der Waals surface area (Å²) in [7, 11) is 0. The number of piperidine rings is 1. The van der Waals surface area contributed by atoms with Crippen LogP contribution in [0, 0.1) is 5.41 Å². The minimum Gasteiger partial charge on any atom is -0.381 e. The lowest BCUT2D eigenvalue weighted by Gasteiger charge is -2.34. The number of rotatable bonds is 1. The SMILES string of the molecule is Cl.O=C([C@H]1CCCCN1)N1CCC2(CCOCC2)C1. The van der Waals surface area contributed by atoms with E-state index in [1.54, 1.807) is 0 Å². The topological polar surface area (TPSA) is 41.6 Å². The van der Waals surface area contributed by atoms with E-state index in [0.29, 0.717) is 11.3 Å². The molecule has 1 atom stereocenters. The summed E-state index contributed by atoms with van der Waals surface area (Å²) in [5.41, 5.74) is 0.378. The molecule has 5 heteroatoms. The number of halogens is 1. The molecule has 4 nitrogen and oxygen atoms in total. The van der Waals surface area contributed by atoms with Gasteiger partial charge in [-0.25, -0.2) is 0 Å². The zero-order chi connectivity index (χ0) is 12.4. The number of hydrogen-bond acceptors (Lipinski definition) is 3. The quantitative estimate of drug-likeness (QED) is 0.796. The van der Waals surface area contributed by atoms with Crippen molar-refractivity contribution in [3.63, 3.8) is 0 Å². The Bertz CT molecular complexity index is 313. The highest BCUT2D eigenvalue weighted by Gasteiger charge is 2.42. The number of ether oxygens (including phenoxy) is 1. The van der Waals surface area contributed by atoms with Crippen molar-refractivity contribution < 1.29 is 9.53 Å². The average Bonchev–Trinajstić information content (AvgIpc) is 2.83. The van der Waals surface area contributed by atoms with Gasteiger partial charge in [0.15, 0.2) is 0 Å². The number of nitrogens with zero attached hydrogens (tertiary/aromatic N) is 1. The van der Waals surface area contributed by atoms with E-state index in [4.69, 9.17) is 4.74 Å². The van der Waals surface area contributed by atoms with Crippen LogP contribution in [-0.2, 0) is 9.53 Å². The first kappa shape index (κ1) is 15.1. The Morgan fingerprint density at radius 3 is 2.68 bits per heavy atom. The molecule has 0 aliphatic carbocycles. The lowest BCUT2D eigenvalue weighted by atomic mass is 9.80. The van der Waals surface area contributed by atoms with Gasteiger partial charge >= 0.3 is 0 Å². The first-order valence-electron chi connectivity index (χ1n) is 7.39. The molecular weight excluding hydrogens is 264 g/mol. The number of carbonyl (C=O) groups excluding carboxylic acids is 1. The van der Waals surface area contributed by atoms with Crippen molar-refractivity contribution in [2.24, 2.45) is 5.41 Å². The number of likely N-dealkylation sites (tertiary alicyclic amines) is 1. The van der Waals surface area contributed by atoms with Gasteiger partial charge in [-0.2, -0.15) is 0 Å². The van der Waals surface area contributed by atoms with Crippen LogP contribution in [0.2, 0.25) is 0 Å². The zero-order valence-electron chi connectivity index (χ0n) is 11.5. The van der Waals surface area contributed by atoms with Crippen LogP contribution < -0.4 is 5.32 Å². The molecule has 3 heterocycles. The van der Waals surface area contributed by atoms with Gasteiger partial charge in [-0.15, -0.1) is 12.4 Å². The van der Waals surface area contributed by atoms with Gasteiger partial charge in [-0.3, -0.25) is 4.79 Å². The Kier molecular flexibility index (Phi) is 5.09. The lowest BCUT2D eigenvalue weighted by Crippen LogP contribution is -2.48. The molecule has 19 heavy (non-hydrogen) atoms. The first-order chi connectivity index (χ1) is 8.79. The highest BCUT2D eigenvalue weighted by Crippen LogP contribution is 2.39. The molecule has 3 fully saturated rings. The molecule has 3 saturated heterocycles. The van der Waals surface area contributed by atoms with Crippen molar-refractivity contribution in [2.75, 3.05) is 32.8 Å². The molecule has 3 aliphatic rings. The molecule has 0 aromatic rings. The van der Waals surface area contributed by atoms with Gasteiger partial charge in [-0.1, -0.05) is 6.42 Å². The van der Waals surface area contributed by atoms with Gasteiger partial charge in [-0.05, 0) is 44.1 Å². The summed E-state index contributed by atoms with van der Waals surface area (Å²) in [4.78, 5) is 14.6. The fourth-order valence-corrected chi connectivity index (χ4v) is 3.62. The van der Waals surface area contributed by atoms with Crippen molar-refractivity contribution in [1.29, 1.82) is 0 Å². The van der Waals surface area contributed by atoms with Crippen LogP contribution in [-0.4, -0.2) is 49.7 Å². The summed E-state index contributed by atoms with van der Waals surface area (Å²) in [5.74, 6) is 0.345. The molecule has 3 aliphatic heterocycles. The van der Waals surface area contributed by atoms with E-state index in [1.165, 1.54) is 19.3 Å². The Morgan fingerprint density at radius 1 is 1.21 bits per heavy atom. The van der Waals surface area contributed by atoms with Gasteiger partial charge < -0.3 is 15.0 Å². The van der Waals surface area contributed by atoms with E-state index in [1.807, 2.05) is 0 Å². The molecular formula is C14H25ClN2O2. The highest BCUT2D eigenvalue weighted by atomic mass is 35.5. The minimum atomic E-state index is 0. The number of carbonyl (C=O) groups is 1. The highest BCUT2D eigenvalue weighted by molar-refractivity contribution is 5.85. The van der Waals surface area contributed by atoms with Crippen molar-refractivity contribution in [1.82, 2.24) is 10.2 Å². The van der Waals surface area contributed by atoms with Crippen molar-refractivity contribution in [3.8, 4) is 0 Å². The van der Waals surface area contributed by atoms with E-state index < -0.39 is 0 Å². The van der Waals surface area contributed by atoms with Gasteiger partial charge in [0.1, 0.15) is 0 Å². The second-order valence-corrected chi connectivity index (χ2v) is 6.12. The standard InChI is InChI=1S/C14H24N2O2.ClH/c17-13(12-3-1-2-7-15-12)16-8-4-14(11-16)5-9-18-10-6-14;/h12,15H,1-11H2;1H/t12-;/m1./s1. The van der Waals surface area contributed by atoms with Gasteiger partial charge in [0.05, 0.1) is 6.04 Å². The molecule has 0 aromatic carbocycles. The summed E-state index contributed by atoms with van der Waals surface area (Å²) >= 11 is 0. The Balaban J connectivity index is 0.00000133. The van der Waals surface area contributed by atoms with E-state index >= 15 is 0 Å². The lowest BCUT2D eigenvalue weighted by molar-refractivity contribution is -0.133. The molecule has 0 aromatic heterocycles. The third-order valence-corrected chi connectivity index (χ3v) is 4.91. The predicted octanol–water partition coefficient (Wildman–Crippen LogP) is 1.58. The van der Waals surface area contributed by atoms with Crippen molar-refractivity contribution >= 4 is 18.3 Å². The molecule has 110 valence electrons. The number of nitrogens with one attached hydrogen (secondary N) is 1. The van der Waals surface area contributed by atoms with Crippen LogP contribution in [0.3, 0.4) is 0 Å². The minimum absolute atomic E-state index is 0. The van der Waals surface area contributed by atoms with E-state index in [2.05, 4.69) is 10.2 Å². The Morgan fingerprint density at radius 2 is 2.00 bits per heavy atom. The fraction of sp³-hybridized carbons (Fsp3) is 0.929. The monoisotopic (exact) mass is 288 g/mol. The molecule has 1 amide bonds. The van der Waals surface area contributed by atoms with Gasteiger partial charge in [0.25, 0.3) is 0 Å². The van der Waals surface area contributed by atoms with Crippen molar-refractivity contribution in [3.05, 3.63) is 0 Å². The second kappa shape index (κ2) is 6.42. The maximum atomic E-state index is 12.5. The summed E-state index contributed by atoms with van der Waals surface area (Å²) in [5, 5.41) is 3.37. The van der Waals surface area contributed by atoms with E-state index in [0.717, 1.165) is 52.1 Å². The normalized spacial score (nSPS) is 30.1. The fourth-order valence-electron chi connectivity index (χ4n) is 3.62. The smallest absolute Gasteiger partial charge is 0.239 e. The Hall–Kier alpha value is -0.320. The van der Waals surface area contributed by atoms with Crippen LogP contribution in [0.25, 0.3) is 0 Å². The zero-order valence-corrected chi connectivity index (χ0v) is 12.3. The largest absolute Gasteiger partial charge is 0.381 e. The van der Waals surface area contributed by atoms with E-state index in [-0.39, 0.29) is 18.4 Å². The molecule has 0 radical (unpaired) electrons. The van der Waals surface area contributed by atoms with E-state index in [9.17, 15) is 4.79 Å². The summed E-state index contributed by atoms with van der Waals surface area (Å²) < 4.78 is 5.45. The number of amides is 1. The summed E-state index contributed by atoms with van der Waals surface area (Å²) in [6.07, 6.45) is 6.87. The molecule has 1 N–H and O–H groups in total. The third-order valence-electron chi connectivity index (χ3n) is 4.91. The second-order valence-electron chi connectivity index (χ2n) is 6.12. The average molecular weight is 289 g/mol. The number of hydrogen-bond donors (Lipinski definition) is 1. The van der Waals surface area contributed by atoms with Crippen LogP contribution in [0.15, 0.2) is 0 Å². The van der Waals surface area contributed by atoms with Crippen molar-refractivity contribution in [2.45, 2.75) is 44.6 Å². The molecule has 1 spiro atoms. The maximum absolute atomic E-state index is 12.5.